The monoisotopic (exact) mass is 264 g/mol. The molecular weight excluding hydrogens is 244 g/mol. The molecule has 1 saturated heterocycles. The van der Waals surface area contributed by atoms with Gasteiger partial charge in [0, 0.05) is 18.8 Å². The highest BCUT2D eigenvalue weighted by Crippen LogP contribution is 2.18. The number of rotatable bonds is 5. The summed E-state index contributed by atoms with van der Waals surface area (Å²) in [7, 11) is 0. The van der Waals surface area contributed by atoms with Crippen LogP contribution in [0.4, 0.5) is 5.69 Å². The Kier molecular flexibility index (Phi) is 5.18. The lowest BCUT2D eigenvalue weighted by Crippen LogP contribution is -2.33. The molecule has 1 aromatic carbocycles. The standard InChI is InChI=1S/C14H20N2O3/c15-8-10-18-12-6-4-11(5-7-12)16-14(17)13-3-1-2-9-19-13/h4-7,13H,1-3,8-10,15H2,(H,16,17). The zero-order valence-corrected chi connectivity index (χ0v) is 10.9. The molecule has 0 radical (unpaired) electrons. The topological polar surface area (TPSA) is 73.6 Å². The van der Waals surface area contributed by atoms with Crippen LogP contribution in [0, 0.1) is 0 Å². The molecule has 2 rings (SSSR count). The van der Waals surface area contributed by atoms with Crippen molar-refractivity contribution in [3.8, 4) is 5.75 Å². The van der Waals surface area contributed by atoms with Crippen LogP contribution in [0.3, 0.4) is 0 Å². The molecule has 1 aromatic rings. The number of carbonyl (C=O) groups excluding carboxylic acids is 1. The van der Waals surface area contributed by atoms with Gasteiger partial charge in [-0.1, -0.05) is 0 Å². The smallest absolute Gasteiger partial charge is 0.253 e. The van der Waals surface area contributed by atoms with Gasteiger partial charge in [0.2, 0.25) is 0 Å². The second kappa shape index (κ2) is 7.11. The number of hydrogen-bond donors (Lipinski definition) is 2. The molecule has 5 nitrogen and oxygen atoms in total. The van der Waals surface area contributed by atoms with Gasteiger partial charge >= 0.3 is 0 Å². The Morgan fingerprint density at radius 3 is 2.79 bits per heavy atom. The average Bonchev–Trinajstić information content (AvgIpc) is 2.47. The van der Waals surface area contributed by atoms with E-state index in [-0.39, 0.29) is 12.0 Å². The fourth-order valence-corrected chi connectivity index (χ4v) is 1.98. The number of ether oxygens (including phenoxy) is 2. The summed E-state index contributed by atoms with van der Waals surface area (Å²) in [6, 6.07) is 7.25. The summed E-state index contributed by atoms with van der Waals surface area (Å²) in [5.41, 5.74) is 6.11. The minimum absolute atomic E-state index is 0.0738. The number of carbonyl (C=O) groups is 1. The van der Waals surface area contributed by atoms with Gasteiger partial charge in [-0.25, -0.2) is 0 Å². The van der Waals surface area contributed by atoms with Crippen LogP contribution >= 0.6 is 0 Å². The predicted molar refractivity (Wildman–Crippen MR) is 73.2 cm³/mol. The van der Waals surface area contributed by atoms with Crippen LogP contribution in [0.25, 0.3) is 0 Å². The molecule has 5 heteroatoms. The van der Waals surface area contributed by atoms with E-state index in [9.17, 15) is 4.79 Å². The molecule has 104 valence electrons. The summed E-state index contributed by atoms with van der Waals surface area (Å²) in [6.07, 6.45) is 2.56. The largest absolute Gasteiger partial charge is 0.492 e. The van der Waals surface area contributed by atoms with E-state index in [1.165, 1.54) is 0 Å². The Morgan fingerprint density at radius 2 is 2.16 bits per heavy atom. The molecule has 1 aliphatic heterocycles. The lowest BCUT2D eigenvalue weighted by molar-refractivity contribution is -0.129. The summed E-state index contributed by atoms with van der Waals surface area (Å²) in [4.78, 5) is 11.9. The van der Waals surface area contributed by atoms with Crippen LogP contribution < -0.4 is 15.8 Å². The zero-order chi connectivity index (χ0) is 13.5. The summed E-state index contributed by atoms with van der Waals surface area (Å²) < 4.78 is 10.8. The van der Waals surface area contributed by atoms with Crippen molar-refractivity contribution >= 4 is 11.6 Å². The molecule has 1 atom stereocenters. The third kappa shape index (κ3) is 4.22. The summed E-state index contributed by atoms with van der Waals surface area (Å²) >= 11 is 0. The number of amides is 1. The third-order valence-corrected chi connectivity index (χ3v) is 2.98. The maximum atomic E-state index is 11.9. The maximum absolute atomic E-state index is 11.9. The number of anilines is 1. The SMILES string of the molecule is NCCOc1ccc(NC(=O)C2CCCCO2)cc1. The van der Waals surface area contributed by atoms with Crippen LogP contribution in [0.1, 0.15) is 19.3 Å². The number of hydrogen-bond acceptors (Lipinski definition) is 4. The van der Waals surface area contributed by atoms with Gasteiger partial charge in [-0.3, -0.25) is 4.79 Å². The Labute approximate surface area is 113 Å². The zero-order valence-electron chi connectivity index (χ0n) is 10.9. The second-order valence-corrected chi connectivity index (χ2v) is 4.51. The first-order chi connectivity index (χ1) is 9.29. The molecule has 1 amide bonds. The molecule has 3 N–H and O–H groups in total. The van der Waals surface area contributed by atoms with E-state index >= 15 is 0 Å². The molecule has 19 heavy (non-hydrogen) atoms. The van der Waals surface area contributed by atoms with Crippen molar-refractivity contribution in [3.63, 3.8) is 0 Å². The minimum Gasteiger partial charge on any atom is -0.492 e. The molecule has 1 fully saturated rings. The van der Waals surface area contributed by atoms with Crippen LogP contribution in [-0.4, -0.2) is 31.8 Å². The van der Waals surface area contributed by atoms with E-state index < -0.39 is 0 Å². The van der Waals surface area contributed by atoms with Crippen LogP contribution in [-0.2, 0) is 9.53 Å². The van der Waals surface area contributed by atoms with Crippen molar-refractivity contribution in [1.29, 1.82) is 0 Å². The van der Waals surface area contributed by atoms with E-state index in [1.54, 1.807) is 0 Å². The molecule has 1 aliphatic rings. The third-order valence-electron chi connectivity index (χ3n) is 2.98. The van der Waals surface area contributed by atoms with E-state index in [0.717, 1.165) is 30.7 Å². The lowest BCUT2D eigenvalue weighted by atomic mass is 10.1. The highest BCUT2D eigenvalue weighted by molar-refractivity contribution is 5.94. The van der Waals surface area contributed by atoms with Crippen molar-refractivity contribution < 1.29 is 14.3 Å². The van der Waals surface area contributed by atoms with Crippen molar-refractivity contribution in [2.45, 2.75) is 25.4 Å². The van der Waals surface area contributed by atoms with E-state index in [4.69, 9.17) is 15.2 Å². The van der Waals surface area contributed by atoms with Gasteiger partial charge in [0.15, 0.2) is 0 Å². The van der Waals surface area contributed by atoms with Gasteiger partial charge in [0.25, 0.3) is 5.91 Å². The predicted octanol–water partition coefficient (Wildman–Crippen LogP) is 1.53. The number of nitrogens with one attached hydrogen (secondary N) is 1. The normalized spacial score (nSPS) is 18.9. The molecule has 1 heterocycles. The summed E-state index contributed by atoms with van der Waals surface area (Å²) in [5.74, 6) is 0.674. The molecule has 1 unspecified atom stereocenters. The van der Waals surface area contributed by atoms with Crippen molar-refractivity contribution in [2.75, 3.05) is 25.1 Å². The van der Waals surface area contributed by atoms with E-state index in [1.807, 2.05) is 24.3 Å². The summed E-state index contributed by atoms with van der Waals surface area (Å²) in [5, 5.41) is 2.85. The Hall–Kier alpha value is -1.59. The molecule has 0 aromatic heterocycles. The maximum Gasteiger partial charge on any atom is 0.253 e. The highest BCUT2D eigenvalue weighted by Gasteiger charge is 2.21. The van der Waals surface area contributed by atoms with E-state index in [2.05, 4.69) is 5.32 Å². The van der Waals surface area contributed by atoms with Crippen LogP contribution in [0.2, 0.25) is 0 Å². The van der Waals surface area contributed by atoms with Crippen molar-refractivity contribution in [3.05, 3.63) is 24.3 Å². The first-order valence-corrected chi connectivity index (χ1v) is 6.65. The fraction of sp³-hybridized carbons (Fsp3) is 0.500. The fourth-order valence-electron chi connectivity index (χ4n) is 1.98. The van der Waals surface area contributed by atoms with Crippen molar-refractivity contribution in [2.24, 2.45) is 5.73 Å². The molecule has 0 spiro atoms. The Morgan fingerprint density at radius 1 is 1.37 bits per heavy atom. The number of nitrogens with two attached hydrogens (primary N) is 1. The number of benzene rings is 1. The van der Waals surface area contributed by atoms with Gasteiger partial charge in [0.05, 0.1) is 0 Å². The highest BCUT2D eigenvalue weighted by atomic mass is 16.5. The van der Waals surface area contributed by atoms with Gasteiger partial charge in [-0.15, -0.1) is 0 Å². The van der Waals surface area contributed by atoms with Crippen LogP contribution in [0.5, 0.6) is 5.75 Å². The van der Waals surface area contributed by atoms with E-state index in [0.29, 0.717) is 19.8 Å². The summed E-state index contributed by atoms with van der Waals surface area (Å²) in [6.45, 7) is 1.64. The first kappa shape index (κ1) is 13.8. The molecular formula is C14H20N2O3. The minimum atomic E-state index is -0.318. The molecule has 0 aliphatic carbocycles. The lowest BCUT2D eigenvalue weighted by Gasteiger charge is -2.21. The van der Waals surface area contributed by atoms with Crippen LogP contribution in [0.15, 0.2) is 24.3 Å². The molecule has 0 bridgehead atoms. The van der Waals surface area contributed by atoms with Crippen molar-refractivity contribution in [1.82, 2.24) is 0 Å². The van der Waals surface area contributed by atoms with Gasteiger partial charge < -0.3 is 20.5 Å². The first-order valence-electron chi connectivity index (χ1n) is 6.65. The quantitative estimate of drug-likeness (QED) is 0.846. The average molecular weight is 264 g/mol. The van der Waals surface area contributed by atoms with Gasteiger partial charge in [0.1, 0.15) is 18.5 Å². The second-order valence-electron chi connectivity index (χ2n) is 4.51. The van der Waals surface area contributed by atoms with Gasteiger partial charge in [-0.2, -0.15) is 0 Å². The Balaban J connectivity index is 1.86. The molecule has 0 saturated carbocycles. The van der Waals surface area contributed by atoms with Gasteiger partial charge in [-0.05, 0) is 43.5 Å². The Bertz CT molecular complexity index is 400.